The third-order valence-electron chi connectivity index (χ3n) is 1.56. The van der Waals surface area contributed by atoms with Crippen LogP contribution in [0.4, 0.5) is 0 Å². The van der Waals surface area contributed by atoms with Gasteiger partial charge in [0, 0.05) is 0 Å². The standard InChI is InChI=1S/C9H11NO2/c10-8(9(11)12)6-7-4-2-1-3-5-7/h1-5,8H,6,10H2,(H,11,12)/t8-/m0/s1/i1T. The van der Waals surface area contributed by atoms with E-state index in [4.69, 9.17) is 12.2 Å². The average Bonchev–Trinajstić information content (AvgIpc) is 2.08. The van der Waals surface area contributed by atoms with Gasteiger partial charge in [-0.1, -0.05) is 30.3 Å². The Morgan fingerprint density at radius 2 is 2.25 bits per heavy atom. The molecule has 1 rings (SSSR count). The van der Waals surface area contributed by atoms with Crippen LogP contribution >= 0.6 is 0 Å². The third-order valence-corrected chi connectivity index (χ3v) is 1.56. The van der Waals surface area contributed by atoms with E-state index in [0.29, 0.717) is 12.5 Å². The summed E-state index contributed by atoms with van der Waals surface area (Å²) in [6.45, 7) is 0. The van der Waals surface area contributed by atoms with Gasteiger partial charge >= 0.3 is 5.97 Å². The maximum atomic E-state index is 10.4. The summed E-state index contributed by atoms with van der Waals surface area (Å²) in [7, 11) is 0. The van der Waals surface area contributed by atoms with E-state index < -0.39 is 12.0 Å². The lowest BCUT2D eigenvalue weighted by Gasteiger charge is -2.04. The summed E-state index contributed by atoms with van der Waals surface area (Å²) in [5, 5.41) is 8.54. The summed E-state index contributed by atoms with van der Waals surface area (Å²) in [5.74, 6) is -1.00. The third kappa shape index (κ3) is 2.36. The van der Waals surface area contributed by atoms with Crippen molar-refractivity contribution in [1.82, 2.24) is 0 Å². The molecule has 1 aromatic rings. The van der Waals surface area contributed by atoms with Gasteiger partial charge < -0.3 is 10.8 Å². The van der Waals surface area contributed by atoms with Crippen LogP contribution in [0.25, 0.3) is 0 Å². The van der Waals surface area contributed by atoms with E-state index in [1.54, 1.807) is 24.3 Å². The van der Waals surface area contributed by atoms with Gasteiger partial charge in [0.1, 0.15) is 6.04 Å². The zero-order chi connectivity index (χ0) is 9.84. The molecule has 3 N–H and O–H groups in total. The molecular weight excluding hydrogens is 154 g/mol. The molecule has 1 aromatic carbocycles. The Morgan fingerprint density at radius 1 is 1.67 bits per heavy atom. The number of nitrogens with two attached hydrogens (primary N) is 1. The van der Waals surface area contributed by atoms with Gasteiger partial charge in [0.2, 0.25) is 0 Å². The summed E-state index contributed by atoms with van der Waals surface area (Å²) in [5.41, 5.74) is 6.18. The van der Waals surface area contributed by atoms with Crippen molar-refractivity contribution in [3.05, 3.63) is 35.9 Å². The van der Waals surface area contributed by atoms with Crippen molar-refractivity contribution < 1.29 is 11.3 Å². The van der Waals surface area contributed by atoms with E-state index >= 15 is 0 Å². The van der Waals surface area contributed by atoms with Crippen LogP contribution < -0.4 is 5.73 Å². The second kappa shape index (κ2) is 3.88. The maximum absolute atomic E-state index is 10.4. The Labute approximate surface area is 72.2 Å². The minimum atomic E-state index is -1.00. The van der Waals surface area contributed by atoms with E-state index in [9.17, 15) is 4.79 Å². The van der Waals surface area contributed by atoms with Gasteiger partial charge in [-0.05, 0) is 12.0 Å². The maximum Gasteiger partial charge on any atom is 0.320 e. The zero-order valence-electron chi connectivity index (χ0n) is 7.53. The summed E-state index contributed by atoms with van der Waals surface area (Å²) >= 11 is 0. The Morgan fingerprint density at radius 3 is 2.75 bits per heavy atom. The smallest absolute Gasteiger partial charge is 0.320 e. The Kier molecular flexibility index (Phi) is 2.36. The molecule has 0 aliphatic heterocycles. The molecule has 0 radical (unpaired) electrons. The molecule has 64 valence electrons. The first-order chi connectivity index (χ1) is 6.09. The first-order valence-electron chi connectivity index (χ1n) is 4.13. The minimum Gasteiger partial charge on any atom is -0.480 e. The highest BCUT2D eigenvalue weighted by atomic mass is 16.4. The predicted molar refractivity (Wildman–Crippen MR) is 45.8 cm³/mol. The van der Waals surface area contributed by atoms with E-state index in [1.165, 1.54) is 0 Å². The van der Waals surface area contributed by atoms with Crippen molar-refractivity contribution in [3.8, 4) is 0 Å². The molecule has 0 amide bonds. The number of hydrogen-bond acceptors (Lipinski definition) is 2. The molecule has 0 unspecified atom stereocenters. The number of carboxylic acid groups (broad SMARTS) is 1. The lowest BCUT2D eigenvalue weighted by Crippen LogP contribution is -2.32. The zero-order valence-corrected chi connectivity index (χ0v) is 6.53. The molecule has 0 aliphatic carbocycles. The SMILES string of the molecule is [3H]c1ccc(C[C@H](N)C(=O)O)cc1. The Hall–Kier alpha value is -1.35. The summed E-state index contributed by atoms with van der Waals surface area (Å²) in [4.78, 5) is 10.4. The molecule has 3 heteroatoms. The number of aliphatic carboxylic acids is 1. The van der Waals surface area contributed by atoms with E-state index in [1.807, 2.05) is 0 Å². The summed E-state index contributed by atoms with van der Waals surface area (Å²) < 4.78 is 7.21. The topological polar surface area (TPSA) is 63.3 Å². The predicted octanol–water partition coefficient (Wildman–Crippen LogP) is 0.641. The first-order valence-corrected chi connectivity index (χ1v) is 3.63. The molecule has 0 spiro atoms. The van der Waals surface area contributed by atoms with Crippen LogP contribution in [0.2, 0.25) is 0 Å². The van der Waals surface area contributed by atoms with E-state index in [0.717, 1.165) is 5.56 Å². The fourth-order valence-electron chi connectivity index (χ4n) is 0.899. The van der Waals surface area contributed by atoms with Gasteiger partial charge in [-0.2, -0.15) is 0 Å². The van der Waals surface area contributed by atoms with Gasteiger partial charge in [0.05, 0.1) is 1.37 Å². The van der Waals surface area contributed by atoms with Crippen LogP contribution in [-0.2, 0) is 11.2 Å². The number of carbonyl (C=O) groups is 1. The van der Waals surface area contributed by atoms with Gasteiger partial charge in [-0.15, -0.1) is 0 Å². The molecule has 0 saturated carbocycles. The quantitative estimate of drug-likeness (QED) is 0.694. The molecule has 3 nitrogen and oxygen atoms in total. The van der Waals surface area contributed by atoms with Crippen LogP contribution in [0.15, 0.2) is 30.3 Å². The van der Waals surface area contributed by atoms with Crippen molar-refractivity contribution in [2.24, 2.45) is 5.73 Å². The molecule has 0 aliphatic rings. The van der Waals surface area contributed by atoms with Crippen LogP contribution in [0.3, 0.4) is 0 Å². The van der Waals surface area contributed by atoms with Crippen LogP contribution in [0.1, 0.15) is 6.93 Å². The van der Waals surface area contributed by atoms with Crippen LogP contribution in [0.5, 0.6) is 0 Å². The molecule has 0 fully saturated rings. The largest absolute Gasteiger partial charge is 0.480 e. The number of carboxylic acids is 1. The van der Waals surface area contributed by atoms with Crippen LogP contribution in [-0.4, -0.2) is 17.1 Å². The van der Waals surface area contributed by atoms with E-state index in [2.05, 4.69) is 0 Å². The Balaban J connectivity index is 2.64. The molecule has 0 saturated heterocycles. The lowest BCUT2D eigenvalue weighted by atomic mass is 10.1. The Bertz CT molecular complexity index is 297. The highest BCUT2D eigenvalue weighted by molar-refractivity contribution is 5.73. The van der Waals surface area contributed by atoms with Gasteiger partial charge in [-0.25, -0.2) is 0 Å². The second-order valence-electron chi connectivity index (χ2n) is 2.56. The molecule has 1 atom stereocenters. The minimum absolute atomic E-state index is 0.301. The highest BCUT2D eigenvalue weighted by Crippen LogP contribution is 2.01. The summed E-state index contributed by atoms with van der Waals surface area (Å²) in [6, 6.07) is 6.20. The molecule has 0 heterocycles. The second-order valence-corrected chi connectivity index (χ2v) is 2.56. The average molecular weight is 167 g/mol. The van der Waals surface area contributed by atoms with Gasteiger partial charge in [0.25, 0.3) is 0 Å². The van der Waals surface area contributed by atoms with Crippen LogP contribution in [0, 0.1) is 0 Å². The normalized spacial score (nSPS) is 13.6. The van der Waals surface area contributed by atoms with Crippen molar-refractivity contribution in [3.63, 3.8) is 0 Å². The van der Waals surface area contributed by atoms with Gasteiger partial charge in [-0.3, -0.25) is 4.79 Å². The molecule has 0 bridgehead atoms. The van der Waals surface area contributed by atoms with Crippen molar-refractivity contribution in [2.75, 3.05) is 0 Å². The van der Waals surface area contributed by atoms with Crippen molar-refractivity contribution >= 4 is 5.97 Å². The van der Waals surface area contributed by atoms with E-state index in [-0.39, 0.29) is 0 Å². The number of hydrogen-bond donors (Lipinski definition) is 2. The molecule has 12 heavy (non-hydrogen) atoms. The first kappa shape index (κ1) is 7.31. The fourth-order valence-corrected chi connectivity index (χ4v) is 0.899. The summed E-state index contributed by atoms with van der Waals surface area (Å²) in [6.07, 6.45) is 0.301. The number of benzene rings is 1. The number of rotatable bonds is 3. The monoisotopic (exact) mass is 167 g/mol. The van der Waals surface area contributed by atoms with Crippen molar-refractivity contribution in [2.45, 2.75) is 12.5 Å². The fraction of sp³-hybridized carbons (Fsp3) is 0.222. The molecular formula is C9H11NO2. The lowest BCUT2D eigenvalue weighted by molar-refractivity contribution is -0.138. The molecule has 0 aromatic heterocycles. The van der Waals surface area contributed by atoms with Gasteiger partial charge in [0.15, 0.2) is 0 Å². The van der Waals surface area contributed by atoms with Crippen molar-refractivity contribution in [1.29, 1.82) is 0 Å². The highest BCUT2D eigenvalue weighted by Gasteiger charge is 2.10.